The molecule has 0 spiro atoms. The first-order valence-electron chi connectivity index (χ1n) is 5.99. The summed E-state index contributed by atoms with van der Waals surface area (Å²) < 4.78 is 4.84. The van der Waals surface area contributed by atoms with Gasteiger partial charge >= 0.3 is 12.0 Å². The Labute approximate surface area is 107 Å². The van der Waals surface area contributed by atoms with Gasteiger partial charge in [-0.05, 0) is 26.2 Å². The lowest BCUT2D eigenvalue weighted by atomic mass is 10.1. The Kier molecular flexibility index (Phi) is 9.67. The molecule has 3 N–H and O–H groups in total. The third kappa shape index (κ3) is 8.58. The number of hydrogen-bond donors (Lipinski definition) is 3. The molecule has 0 heterocycles. The van der Waals surface area contributed by atoms with E-state index in [0.29, 0.717) is 26.0 Å². The number of methoxy groups -OCH3 is 1. The Hall–Kier alpha value is -1.56. The second kappa shape index (κ2) is 10.6. The van der Waals surface area contributed by atoms with Gasteiger partial charge in [-0.1, -0.05) is 12.2 Å². The zero-order valence-corrected chi connectivity index (χ0v) is 10.9. The number of aliphatic carboxylic acids is 1. The molecule has 0 aromatic carbocycles. The Morgan fingerprint density at radius 3 is 2.72 bits per heavy atom. The highest BCUT2D eigenvalue weighted by molar-refractivity contribution is 5.82. The third-order valence-corrected chi connectivity index (χ3v) is 2.28. The van der Waals surface area contributed by atoms with Gasteiger partial charge in [0, 0.05) is 20.3 Å². The molecule has 18 heavy (non-hydrogen) atoms. The molecule has 1 atom stereocenters. The largest absolute Gasteiger partial charge is 0.480 e. The van der Waals surface area contributed by atoms with Crippen LogP contribution >= 0.6 is 0 Å². The van der Waals surface area contributed by atoms with Crippen molar-refractivity contribution in [2.45, 2.75) is 32.2 Å². The number of urea groups is 1. The summed E-state index contributed by atoms with van der Waals surface area (Å²) in [5.41, 5.74) is 0. The van der Waals surface area contributed by atoms with Crippen LogP contribution in [-0.2, 0) is 9.53 Å². The van der Waals surface area contributed by atoms with E-state index in [-0.39, 0.29) is 0 Å². The molecular weight excluding hydrogens is 236 g/mol. The van der Waals surface area contributed by atoms with Gasteiger partial charge in [0.25, 0.3) is 0 Å². The van der Waals surface area contributed by atoms with E-state index in [0.717, 1.165) is 6.42 Å². The van der Waals surface area contributed by atoms with Crippen molar-refractivity contribution in [3.05, 3.63) is 12.2 Å². The summed E-state index contributed by atoms with van der Waals surface area (Å²) in [7, 11) is 1.55. The minimum Gasteiger partial charge on any atom is -0.480 e. The van der Waals surface area contributed by atoms with Gasteiger partial charge in [0.15, 0.2) is 0 Å². The van der Waals surface area contributed by atoms with Crippen LogP contribution in [0.5, 0.6) is 0 Å². The number of rotatable bonds is 9. The van der Waals surface area contributed by atoms with Crippen molar-refractivity contribution in [2.24, 2.45) is 0 Å². The predicted octanol–water partition coefficient (Wildman–Crippen LogP) is 1.13. The van der Waals surface area contributed by atoms with E-state index in [1.807, 2.05) is 19.1 Å². The molecule has 0 aliphatic rings. The number of amides is 2. The summed E-state index contributed by atoms with van der Waals surface area (Å²) in [6, 6.07) is -1.33. The zero-order chi connectivity index (χ0) is 13.8. The molecule has 0 fully saturated rings. The van der Waals surface area contributed by atoms with E-state index in [2.05, 4.69) is 10.6 Å². The number of allylic oxidation sites excluding steroid dienone is 1. The third-order valence-electron chi connectivity index (χ3n) is 2.28. The van der Waals surface area contributed by atoms with Gasteiger partial charge in [-0.3, -0.25) is 0 Å². The topological polar surface area (TPSA) is 87.7 Å². The van der Waals surface area contributed by atoms with Crippen LogP contribution < -0.4 is 10.6 Å². The number of ether oxygens (including phenoxy) is 1. The molecule has 0 aromatic rings. The predicted molar refractivity (Wildman–Crippen MR) is 68.5 cm³/mol. The first kappa shape index (κ1) is 16.4. The van der Waals surface area contributed by atoms with Crippen LogP contribution in [0.25, 0.3) is 0 Å². The number of hydrogen-bond acceptors (Lipinski definition) is 3. The summed E-state index contributed by atoms with van der Waals surface area (Å²) in [5, 5.41) is 14.0. The highest BCUT2D eigenvalue weighted by Crippen LogP contribution is 1.98. The fraction of sp³-hybridized carbons (Fsp3) is 0.667. The molecule has 6 heteroatoms. The van der Waals surface area contributed by atoms with Crippen LogP contribution in [0.2, 0.25) is 0 Å². The van der Waals surface area contributed by atoms with Crippen molar-refractivity contribution in [1.29, 1.82) is 0 Å². The molecule has 6 nitrogen and oxygen atoms in total. The maximum atomic E-state index is 11.4. The fourth-order valence-electron chi connectivity index (χ4n) is 1.33. The van der Waals surface area contributed by atoms with Crippen LogP contribution in [0, 0.1) is 0 Å². The van der Waals surface area contributed by atoms with Crippen LogP contribution in [-0.4, -0.2) is 43.4 Å². The van der Waals surface area contributed by atoms with Crippen molar-refractivity contribution in [2.75, 3.05) is 20.3 Å². The second-order valence-corrected chi connectivity index (χ2v) is 3.78. The van der Waals surface area contributed by atoms with E-state index in [1.165, 1.54) is 0 Å². The minimum atomic E-state index is -1.03. The number of carbonyl (C=O) groups excluding carboxylic acids is 1. The molecule has 0 aromatic heterocycles. The summed E-state index contributed by atoms with van der Waals surface area (Å²) >= 11 is 0. The summed E-state index contributed by atoms with van der Waals surface area (Å²) in [6.45, 7) is 2.87. The van der Waals surface area contributed by atoms with E-state index < -0.39 is 18.0 Å². The Morgan fingerprint density at radius 2 is 2.17 bits per heavy atom. The second-order valence-electron chi connectivity index (χ2n) is 3.78. The Morgan fingerprint density at radius 1 is 1.44 bits per heavy atom. The molecule has 0 radical (unpaired) electrons. The molecule has 104 valence electrons. The van der Waals surface area contributed by atoms with Gasteiger partial charge in [0.2, 0.25) is 0 Å². The SMILES string of the molecule is C/C=C/CCNC(=O)NC(CCCOC)C(=O)O. The van der Waals surface area contributed by atoms with Gasteiger partial charge in [-0.15, -0.1) is 0 Å². The maximum Gasteiger partial charge on any atom is 0.326 e. The molecule has 0 aliphatic carbocycles. The van der Waals surface area contributed by atoms with E-state index in [9.17, 15) is 9.59 Å². The van der Waals surface area contributed by atoms with E-state index in [1.54, 1.807) is 7.11 Å². The average molecular weight is 258 g/mol. The van der Waals surface area contributed by atoms with Crippen LogP contribution in [0.15, 0.2) is 12.2 Å². The van der Waals surface area contributed by atoms with Crippen molar-refractivity contribution < 1.29 is 19.4 Å². The zero-order valence-electron chi connectivity index (χ0n) is 10.9. The first-order chi connectivity index (χ1) is 8.61. The van der Waals surface area contributed by atoms with Crippen molar-refractivity contribution in [1.82, 2.24) is 10.6 Å². The lowest BCUT2D eigenvalue weighted by Crippen LogP contribution is -2.46. The highest BCUT2D eigenvalue weighted by Gasteiger charge is 2.18. The van der Waals surface area contributed by atoms with Gasteiger partial charge in [0.1, 0.15) is 6.04 Å². The van der Waals surface area contributed by atoms with Crippen molar-refractivity contribution in [3.8, 4) is 0 Å². The fourth-order valence-corrected chi connectivity index (χ4v) is 1.33. The van der Waals surface area contributed by atoms with E-state index in [4.69, 9.17) is 9.84 Å². The average Bonchev–Trinajstić information content (AvgIpc) is 2.33. The van der Waals surface area contributed by atoms with Crippen LogP contribution in [0.1, 0.15) is 26.2 Å². The summed E-state index contributed by atoms with van der Waals surface area (Å²) in [4.78, 5) is 22.3. The van der Waals surface area contributed by atoms with E-state index >= 15 is 0 Å². The standard InChI is InChI=1S/C12H22N2O4/c1-3-4-5-8-13-12(17)14-10(11(15)16)7-6-9-18-2/h3-4,10H,5-9H2,1-2H3,(H,15,16)(H2,13,14,17)/b4-3+. The molecule has 0 aliphatic heterocycles. The molecular formula is C12H22N2O4. The molecule has 0 rings (SSSR count). The maximum absolute atomic E-state index is 11.4. The van der Waals surface area contributed by atoms with Gasteiger partial charge in [0.05, 0.1) is 0 Å². The molecule has 0 saturated heterocycles. The summed E-state index contributed by atoms with van der Waals surface area (Å²) in [5.74, 6) is -1.03. The lowest BCUT2D eigenvalue weighted by molar-refractivity contribution is -0.139. The Balaban J connectivity index is 3.92. The smallest absolute Gasteiger partial charge is 0.326 e. The highest BCUT2D eigenvalue weighted by atomic mass is 16.5. The van der Waals surface area contributed by atoms with Gasteiger partial charge < -0.3 is 20.5 Å². The molecule has 2 amide bonds. The lowest BCUT2D eigenvalue weighted by Gasteiger charge is -2.14. The first-order valence-corrected chi connectivity index (χ1v) is 5.99. The number of carboxylic acids is 1. The molecule has 0 saturated carbocycles. The normalized spacial score (nSPS) is 12.3. The Bertz CT molecular complexity index is 279. The van der Waals surface area contributed by atoms with Crippen LogP contribution in [0.4, 0.5) is 4.79 Å². The number of carbonyl (C=O) groups is 2. The van der Waals surface area contributed by atoms with Gasteiger partial charge in [-0.25, -0.2) is 9.59 Å². The molecule has 1 unspecified atom stereocenters. The minimum absolute atomic E-state index is 0.353. The number of carboxylic acid groups (broad SMARTS) is 1. The van der Waals surface area contributed by atoms with Crippen molar-refractivity contribution in [3.63, 3.8) is 0 Å². The van der Waals surface area contributed by atoms with Crippen LogP contribution in [0.3, 0.4) is 0 Å². The molecule has 0 bridgehead atoms. The van der Waals surface area contributed by atoms with Crippen molar-refractivity contribution >= 4 is 12.0 Å². The monoisotopic (exact) mass is 258 g/mol. The number of nitrogens with one attached hydrogen (secondary N) is 2. The quantitative estimate of drug-likeness (QED) is 0.427. The van der Waals surface area contributed by atoms with Gasteiger partial charge in [-0.2, -0.15) is 0 Å². The summed E-state index contributed by atoms with van der Waals surface area (Å²) in [6.07, 6.45) is 5.49.